The third-order valence-electron chi connectivity index (χ3n) is 2.46. The number of anilines is 2. The lowest BCUT2D eigenvalue weighted by Crippen LogP contribution is -2.30. The average Bonchev–Trinajstić information content (AvgIpc) is 2.15. The molecule has 0 atom stereocenters. The zero-order valence-electron chi connectivity index (χ0n) is 10.1. The van der Waals surface area contributed by atoms with E-state index < -0.39 is 0 Å². The number of fused-ring (bicyclic) bond motifs is 1. The van der Waals surface area contributed by atoms with E-state index in [4.69, 9.17) is 5.73 Å². The van der Waals surface area contributed by atoms with Crippen LogP contribution < -0.4 is 16.4 Å². The Bertz CT molecular complexity index is 394. The molecular weight excluding hydrogens is 202 g/mol. The Hall–Kier alpha value is -1.36. The first-order chi connectivity index (χ1) is 7.46. The maximum absolute atomic E-state index is 5.94. The number of nitrogens with one attached hydrogen (secondary N) is 2. The number of aromatic nitrogens is 2. The van der Waals surface area contributed by atoms with E-state index in [1.807, 2.05) is 0 Å². The lowest BCUT2D eigenvalue weighted by Gasteiger charge is -2.23. The molecule has 1 aromatic rings. The fourth-order valence-electron chi connectivity index (χ4n) is 1.78. The molecule has 1 aliphatic heterocycles. The van der Waals surface area contributed by atoms with Crippen LogP contribution in [0, 0.1) is 0 Å². The van der Waals surface area contributed by atoms with Crippen LogP contribution in [0.3, 0.4) is 0 Å². The van der Waals surface area contributed by atoms with E-state index in [2.05, 4.69) is 41.4 Å². The predicted molar refractivity (Wildman–Crippen MR) is 65.2 cm³/mol. The van der Waals surface area contributed by atoms with Gasteiger partial charge < -0.3 is 16.4 Å². The van der Waals surface area contributed by atoms with Crippen LogP contribution in [0.15, 0.2) is 0 Å². The van der Waals surface area contributed by atoms with Crippen molar-refractivity contribution >= 4 is 11.8 Å². The minimum absolute atomic E-state index is 0.0528. The Labute approximate surface area is 95.9 Å². The highest BCUT2D eigenvalue weighted by atomic mass is 15.2. The molecule has 1 aromatic heterocycles. The van der Waals surface area contributed by atoms with Crippen molar-refractivity contribution in [1.29, 1.82) is 0 Å². The molecule has 0 radical (unpaired) electrons. The second-order valence-electron chi connectivity index (χ2n) is 5.16. The molecule has 5 heteroatoms. The third-order valence-corrected chi connectivity index (χ3v) is 2.46. The van der Waals surface area contributed by atoms with Crippen LogP contribution in [-0.4, -0.2) is 22.1 Å². The van der Waals surface area contributed by atoms with Crippen molar-refractivity contribution in [2.75, 3.05) is 17.6 Å². The Kier molecular flexibility index (Phi) is 2.71. The molecule has 0 unspecified atom stereocenters. The average molecular weight is 221 g/mol. The minimum atomic E-state index is -0.0528. The van der Waals surface area contributed by atoms with Crippen LogP contribution in [0.2, 0.25) is 0 Å². The van der Waals surface area contributed by atoms with Gasteiger partial charge in [-0.25, -0.2) is 4.98 Å². The second kappa shape index (κ2) is 3.90. The molecule has 88 valence electrons. The van der Waals surface area contributed by atoms with E-state index in [-0.39, 0.29) is 5.54 Å². The van der Waals surface area contributed by atoms with Gasteiger partial charge in [-0.15, -0.1) is 0 Å². The van der Waals surface area contributed by atoms with Crippen LogP contribution in [0.4, 0.5) is 11.8 Å². The Balaban J connectivity index is 2.32. The lowest BCUT2D eigenvalue weighted by atomic mass is 10.1. The molecule has 0 aliphatic carbocycles. The molecule has 0 spiro atoms. The van der Waals surface area contributed by atoms with E-state index in [0.29, 0.717) is 11.8 Å². The van der Waals surface area contributed by atoms with Gasteiger partial charge >= 0.3 is 0 Å². The number of hydrogen-bond donors (Lipinski definition) is 3. The molecule has 5 nitrogen and oxygen atoms in total. The van der Waals surface area contributed by atoms with Crippen molar-refractivity contribution in [2.45, 2.75) is 39.3 Å². The van der Waals surface area contributed by atoms with Gasteiger partial charge in [-0.05, 0) is 33.7 Å². The summed E-state index contributed by atoms with van der Waals surface area (Å²) >= 11 is 0. The Morgan fingerprint density at radius 1 is 1.31 bits per heavy atom. The SMILES string of the molecule is CC(C)(C)Nc1nc(N)c2c(n1)CNCC2. The number of nitrogen functional groups attached to an aromatic ring is 1. The Morgan fingerprint density at radius 2 is 2.06 bits per heavy atom. The van der Waals surface area contributed by atoms with E-state index >= 15 is 0 Å². The highest BCUT2D eigenvalue weighted by molar-refractivity contribution is 5.48. The fourth-order valence-corrected chi connectivity index (χ4v) is 1.78. The molecular formula is C11H19N5. The minimum Gasteiger partial charge on any atom is -0.383 e. The summed E-state index contributed by atoms with van der Waals surface area (Å²) in [5.41, 5.74) is 8.00. The normalized spacial score (nSPS) is 15.7. The van der Waals surface area contributed by atoms with Gasteiger partial charge in [-0.1, -0.05) is 0 Å². The lowest BCUT2D eigenvalue weighted by molar-refractivity contribution is 0.608. The maximum Gasteiger partial charge on any atom is 0.225 e. The highest BCUT2D eigenvalue weighted by Crippen LogP contribution is 2.20. The van der Waals surface area contributed by atoms with Crippen molar-refractivity contribution in [3.05, 3.63) is 11.3 Å². The second-order valence-corrected chi connectivity index (χ2v) is 5.16. The smallest absolute Gasteiger partial charge is 0.225 e. The summed E-state index contributed by atoms with van der Waals surface area (Å²) in [7, 11) is 0. The summed E-state index contributed by atoms with van der Waals surface area (Å²) in [4.78, 5) is 8.79. The van der Waals surface area contributed by atoms with E-state index in [1.54, 1.807) is 0 Å². The largest absolute Gasteiger partial charge is 0.383 e. The topological polar surface area (TPSA) is 75.9 Å². The van der Waals surface area contributed by atoms with Crippen molar-refractivity contribution in [2.24, 2.45) is 0 Å². The summed E-state index contributed by atoms with van der Waals surface area (Å²) < 4.78 is 0. The molecule has 16 heavy (non-hydrogen) atoms. The van der Waals surface area contributed by atoms with Crippen molar-refractivity contribution in [1.82, 2.24) is 15.3 Å². The van der Waals surface area contributed by atoms with Gasteiger partial charge in [0.25, 0.3) is 0 Å². The summed E-state index contributed by atoms with van der Waals surface area (Å²) in [6, 6.07) is 0. The van der Waals surface area contributed by atoms with E-state index in [0.717, 1.165) is 30.8 Å². The van der Waals surface area contributed by atoms with Gasteiger partial charge in [0.05, 0.1) is 5.69 Å². The van der Waals surface area contributed by atoms with Crippen molar-refractivity contribution in [3.8, 4) is 0 Å². The summed E-state index contributed by atoms with van der Waals surface area (Å²) in [5.74, 6) is 1.23. The molecule has 0 saturated carbocycles. The first kappa shape index (κ1) is 11.1. The van der Waals surface area contributed by atoms with Gasteiger partial charge in [0.15, 0.2) is 0 Å². The van der Waals surface area contributed by atoms with Gasteiger partial charge in [0, 0.05) is 17.6 Å². The molecule has 0 bridgehead atoms. The van der Waals surface area contributed by atoms with Crippen LogP contribution in [0.1, 0.15) is 32.0 Å². The Morgan fingerprint density at radius 3 is 2.75 bits per heavy atom. The zero-order chi connectivity index (χ0) is 11.8. The fraction of sp³-hybridized carbons (Fsp3) is 0.636. The standard InChI is InChI=1S/C11H19N5/c1-11(2,3)16-10-14-8-6-13-5-4-7(8)9(12)15-10/h13H,4-6H2,1-3H3,(H3,12,14,15,16). The molecule has 1 aliphatic rings. The van der Waals surface area contributed by atoms with Crippen LogP contribution in [0.5, 0.6) is 0 Å². The molecule has 0 fully saturated rings. The molecule has 4 N–H and O–H groups in total. The monoisotopic (exact) mass is 221 g/mol. The first-order valence-corrected chi connectivity index (χ1v) is 5.60. The number of nitrogens with two attached hydrogens (primary N) is 1. The van der Waals surface area contributed by atoms with Crippen LogP contribution >= 0.6 is 0 Å². The molecule has 0 saturated heterocycles. The summed E-state index contributed by atoms with van der Waals surface area (Å²) in [5, 5.41) is 6.53. The molecule has 2 rings (SSSR count). The van der Waals surface area contributed by atoms with E-state index in [9.17, 15) is 0 Å². The van der Waals surface area contributed by atoms with Gasteiger partial charge in [0.1, 0.15) is 5.82 Å². The van der Waals surface area contributed by atoms with Gasteiger partial charge in [-0.3, -0.25) is 0 Å². The predicted octanol–water partition coefficient (Wildman–Crippen LogP) is 0.915. The number of hydrogen-bond acceptors (Lipinski definition) is 5. The third kappa shape index (κ3) is 2.41. The zero-order valence-corrected chi connectivity index (χ0v) is 10.1. The van der Waals surface area contributed by atoms with Gasteiger partial charge in [0.2, 0.25) is 5.95 Å². The first-order valence-electron chi connectivity index (χ1n) is 5.60. The maximum atomic E-state index is 5.94. The van der Waals surface area contributed by atoms with Gasteiger partial charge in [-0.2, -0.15) is 4.98 Å². The molecule has 2 heterocycles. The van der Waals surface area contributed by atoms with Crippen molar-refractivity contribution in [3.63, 3.8) is 0 Å². The summed E-state index contributed by atoms with van der Waals surface area (Å²) in [6.07, 6.45) is 0.914. The highest BCUT2D eigenvalue weighted by Gasteiger charge is 2.18. The van der Waals surface area contributed by atoms with Crippen LogP contribution in [-0.2, 0) is 13.0 Å². The number of rotatable bonds is 1. The molecule has 0 aromatic carbocycles. The molecule has 0 amide bonds. The van der Waals surface area contributed by atoms with E-state index in [1.165, 1.54) is 0 Å². The quantitative estimate of drug-likeness (QED) is 0.657. The van der Waals surface area contributed by atoms with Crippen molar-refractivity contribution < 1.29 is 0 Å². The van der Waals surface area contributed by atoms with Crippen LogP contribution in [0.25, 0.3) is 0 Å². The number of nitrogens with zero attached hydrogens (tertiary/aromatic N) is 2. The summed E-state index contributed by atoms with van der Waals surface area (Å²) in [6.45, 7) is 7.95.